The van der Waals surface area contributed by atoms with Gasteiger partial charge in [-0.2, -0.15) is 13.2 Å². The third-order valence-electron chi connectivity index (χ3n) is 1.98. The molecule has 1 aromatic rings. The van der Waals surface area contributed by atoms with Crippen LogP contribution in [-0.4, -0.2) is 22.4 Å². The van der Waals surface area contributed by atoms with Gasteiger partial charge in [-0.1, -0.05) is 12.1 Å². The topological polar surface area (TPSA) is 57.5 Å². The molecule has 0 spiro atoms. The number of halogens is 4. The number of carboxylic acid groups (broad SMARTS) is 1. The van der Waals surface area contributed by atoms with Crippen molar-refractivity contribution in [2.45, 2.75) is 11.8 Å². The number of hydrogen-bond donors (Lipinski definition) is 2. The Morgan fingerprint density at radius 3 is 1.88 bits per heavy atom. The summed E-state index contributed by atoms with van der Waals surface area (Å²) in [5.74, 6) is -3.30. The lowest BCUT2D eigenvalue weighted by molar-refractivity contribution is -0.265. The zero-order chi connectivity index (χ0) is 12.6. The van der Waals surface area contributed by atoms with E-state index in [0.717, 1.165) is 0 Å². The summed E-state index contributed by atoms with van der Waals surface area (Å²) < 4.78 is 49.7. The van der Waals surface area contributed by atoms with Crippen molar-refractivity contribution in [2.75, 3.05) is 0 Å². The minimum atomic E-state index is -5.39. The van der Waals surface area contributed by atoms with E-state index in [0.29, 0.717) is 24.3 Å². The lowest BCUT2D eigenvalue weighted by atomic mass is 9.93. The van der Waals surface area contributed by atoms with Gasteiger partial charge in [0, 0.05) is 5.56 Å². The van der Waals surface area contributed by atoms with E-state index in [2.05, 4.69) is 0 Å². The van der Waals surface area contributed by atoms with E-state index >= 15 is 0 Å². The number of rotatable bonds is 2. The molecule has 16 heavy (non-hydrogen) atoms. The summed E-state index contributed by atoms with van der Waals surface area (Å²) in [4.78, 5) is 10.5. The van der Waals surface area contributed by atoms with Crippen LogP contribution < -0.4 is 0 Å². The van der Waals surface area contributed by atoms with Gasteiger partial charge in [-0.15, -0.1) is 0 Å². The average molecular weight is 238 g/mol. The summed E-state index contributed by atoms with van der Waals surface area (Å²) in [6, 6.07) is 2.40. The molecule has 0 aromatic heterocycles. The maximum Gasteiger partial charge on any atom is 0.432 e. The van der Waals surface area contributed by atoms with Crippen LogP contribution in [0.1, 0.15) is 5.56 Å². The lowest BCUT2D eigenvalue weighted by Crippen LogP contribution is -2.49. The Morgan fingerprint density at radius 2 is 1.56 bits per heavy atom. The van der Waals surface area contributed by atoms with E-state index in [-0.39, 0.29) is 0 Å². The first kappa shape index (κ1) is 12.4. The first-order chi connectivity index (χ1) is 7.19. The van der Waals surface area contributed by atoms with Gasteiger partial charge in [0.05, 0.1) is 0 Å². The second-order valence-electron chi connectivity index (χ2n) is 3.02. The molecule has 2 N–H and O–H groups in total. The molecule has 1 atom stereocenters. The summed E-state index contributed by atoms with van der Waals surface area (Å²) in [5.41, 5.74) is -4.98. The fourth-order valence-corrected chi connectivity index (χ4v) is 1.10. The Balaban J connectivity index is 3.34. The largest absolute Gasteiger partial charge is 0.479 e. The molecule has 1 rings (SSSR count). The van der Waals surface area contributed by atoms with Crippen molar-refractivity contribution >= 4 is 5.97 Å². The molecule has 0 bridgehead atoms. The van der Waals surface area contributed by atoms with Crippen molar-refractivity contribution in [3.63, 3.8) is 0 Å². The minimum absolute atomic E-state index is 0.566. The van der Waals surface area contributed by atoms with Crippen LogP contribution in [0.25, 0.3) is 0 Å². The highest BCUT2D eigenvalue weighted by molar-refractivity contribution is 5.80. The average Bonchev–Trinajstić information content (AvgIpc) is 2.15. The number of alkyl halides is 3. The maximum atomic E-state index is 12.5. The third kappa shape index (κ3) is 1.85. The smallest absolute Gasteiger partial charge is 0.432 e. The Morgan fingerprint density at radius 1 is 1.12 bits per heavy atom. The molecule has 0 aliphatic rings. The quantitative estimate of drug-likeness (QED) is 0.770. The minimum Gasteiger partial charge on any atom is -0.479 e. The second-order valence-corrected chi connectivity index (χ2v) is 3.02. The van der Waals surface area contributed by atoms with Gasteiger partial charge in [0.2, 0.25) is 0 Å². The van der Waals surface area contributed by atoms with E-state index < -0.39 is 29.1 Å². The molecule has 0 radical (unpaired) electrons. The van der Waals surface area contributed by atoms with Crippen LogP contribution in [0.3, 0.4) is 0 Å². The number of carbonyl (C=O) groups is 1. The Bertz CT molecular complexity index is 398. The summed E-state index contributed by atoms with van der Waals surface area (Å²) in [5, 5.41) is 17.6. The first-order valence-corrected chi connectivity index (χ1v) is 3.98. The van der Waals surface area contributed by atoms with Gasteiger partial charge >= 0.3 is 12.1 Å². The number of aliphatic hydroxyl groups is 1. The van der Waals surface area contributed by atoms with Gasteiger partial charge in [0.25, 0.3) is 5.60 Å². The molecular weight excluding hydrogens is 232 g/mol. The highest BCUT2D eigenvalue weighted by atomic mass is 19.4. The zero-order valence-electron chi connectivity index (χ0n) is 7.62. The molecule has 7 heteroatoms. The van der Waals surface area contributed by atoms with Gasteiger partial charge in [-0.3, -0.25) is 0 Å². The molecule has 88 valence electrons. The first-order valence-electron chi connectivity index (χ1n) is 3.98. The van der Waals surface area contributed by atoms with Crippen molar-refractivity contribution in [2.24, 2.45) is 0 Å². The predicted molar refractivity (Wildman–Crippen MR) is 44.0 cm³/mol. The molecule has 1 unspecified atom stereocenters. The highest BCUT2D eigenvalue weighted by Crippen LogP contribution is 2.39. The van der Waals surface area contributed by atoms with Crippen molar-refractivity contribution in [1.82, 2.24) is 0 Å². The zero-order valence-corrected chi connectivity index (χ0v) is 7.62. The van der Waals surface area contributed by atoms with Gasteiger partial charge in [-0.05, 0) is 12.1 Å². The molecule has 3 nitrogen and oxygen atoms in total. The van der Waals surface area contributed by atoms with Crippen LogP contribution in [0.5, 0.6) is 0 Å². The van der Waals surface area contributed by atoms with Gasteiger partial charge in [0.1, 0.15) is 5.82 Å². The van der Waals surface area contributed by atoms with Crippen molar-refractivity contribution in [1.29, 1.82) is 0 Å². The molecular formula is C9H6F4O3. The Hall–Kier alpha value is -1.63. The molecule has 0 saturated carbocycles. The highest BCUT2D eigenvalue weighted by Gasteiger charge is 2.61. The summed E-state index contributed by atoms with van der Waals surface area (Å²) in [7, 11) is 0. The molecule has 1 aromatic carbocycles. The fourth-order valence-electron chi connectivity index (χ4n) is 1.10. The molecule has 0 aliphatic heterocycles. The van der Waals surface area contributed by atoms with E-state index in [4.69, 9.17) is 10.2 Å². The van der Waals surface area contributed by atoms with Crippen LogP contribution in [0, 0.1) is 5.82 Å². The number of carboxylic acids is 1. The Kier molecular flexibility index (Phi) is 2.91. The van der Waals surface area contributed by atoms with Crippen molar-refractivity contribution in [3.8, 4) is 0 Å². The Labute approximate surface area is 86.9 Å². The lowest BCUT2D eigenvalue weighted by Gasteiger charge is -2.26. The van der Waals surface area contributed by atoms with E-state index in [9.17, 15) is 22.4 Å². The molecule has 0 amide bonds. The van der Waals surface area contributed by atoms with Gasteiger partial charge < -0.3 is 10.2 Å². The van der Waals surface area contributed by atoms with Crippen molar-refractivity contribution < 1.29 is 32.6 Å². The van der Waals surface area contributed by atoms with Crippen LogP contribution in [-0.2, 0) is 10.4 Å². The normalized spacial score (nSPS) is 15.6. The summed E-state index contributed by atoms with van der Waals surface area (Å²) >= 11 is 0. The molecule has 0 heterocycles. The molecule has 0 aliphatic carbocycles. The van der Waals surface area contributed by atoms with Crippen LogP contribution in [0.15, 0.2) is 24.3 Å². The van der Waals surface area contributed by atoms with Gasteiger partial charge in [0.15, 0.2) is 0 Å². The van der Waals surface area contributed by atoms with Gasteiger partial charge in [-0.25, -0.2) is 9.18 Å². The second kappa shape index (κ2) is 3.75. The molecule has 0 saturated heterocycles. The predicted octanol–water partition coefficient (Wildman–Crippen LogP) is 1.66. The number of hydrogen-bond acceptors (Lipinski definition) is 2. The van der Waals surface area contributed by atoms with Crippen LogP contribution >= 0.6 is 0 Å². The fraction of sp³-hybridized carbons (Fsp3) is 0.222. The number of aliphatic carboxylic acids is 1. The van der Waals surface area contributed by atoms with E-state index in [1.165, 1.54) is 0 Å². The monoisotopic (exact) mass is 238 g/mol. The summed E-state index contributed by atoms with van der Waals surface area (Å²) in [6.07, 6.45) is -5.39. The molecule has 0 fully saturated rings. The van der Waals surface area contributed by atoms with E-state index in [1.54, 1.807) is 0 Å². The summed E-state index contributed by atoms with van der Waals surface area (Å²) in [6.45, 7) is 0. The number of benzene rings is 1. The third-order valence-corrected chi connectivity index (χ3v) is 1.98. The van der Waals surface area contributed by atoms with Crippen LogP contribution in [0.4, 0.5) is 17.6 Å². The SMILES string of the molecule is O=C(O)C(O)(c1ccc(F)cc1)C(F)(F)F. The van der Waals surface area contributed by atoms with Crippen LogP contribution in [0.2, 0.25) is 0 Å². The van der Waals surface area contributed by atoms with Crippen molar-refractivity contribution in [3.05, 3.63) is 35.6 Å². The standard InChI is InChI=1S/C9H6F4O3/c10-6-3-1-5(2-4-6)8(16,7(14)15)9(11,12)13/h1-4,16H,(H,14,15). The maximum absolute atomic E-state index is 12.5. The van der Waals surface area contributed by atoms with E-state index in [1.807, 2.05) is 0 Å².